The number of benzene rings is 1. The van der Waals surface area contributed by atoms with Gasteiger partial charge in [0, 0.05) is 29.3 Å². The maximum absolute atomic E-state index is 12.8. The van der Waals surface area contributed by atoms with Crippen molar-refractivity contribution in [1.29, 1.82) is 5.26 Å². The molecule has 9 nitrogen and oxygen atoms in total. The number of nitro groups is 1. The Morgan fingerprint density at radius 3 is 2.40 bits per heavy atom. The lowest BCUT2D eigenvalue weighted by Gasteiger charge is -2.13. The second-order valence-corrected chi connectivity index (χ2v) is 7.90. The fraction of sp³-hybridized carbons (Fsp3) is 0.0625. The number of rotatable bonds is 5. The van der Waals surface area contributed by atoms with Gasteiger partial charge in [-0.3, -0.25) is 10.1 Å². The lowest BCUT2D eigenvalue weighted by molar-refractivity contribution is -0.384. The van der Waals surface area contributed by atoms with Crippen LogP contribution in [0.25, 0.3) is 21.8 Å². The first-order valence-corrected chi connectivity index (χ1v) is 9.93. The molecule has 0 bridgehead atoms. The van der Waals surface area contributed by atoms with Crippen LogP contribution in [0.3, 0.4) is 0 Å². The average Bonchev–Trinajstić information content (AvgIpc) is 3.21. The molecule has 14 heteroatoms. The molecule has 0 saturated heterocycles. The summed E-state index contributed by atoms with van der Waals surface area (Å²) in [7, 11) is -6.11. The third-order valence-corrected chi connectivity index (χ3v) is 5.35. The summed E-state index contributed by atoms with van der Waals surface area (Å²) in [5.41, 5.74) is -6.51. The SMILES string of the molecule is N#Cc1c(-c2ccc([N+](=O)[O-])cc2)cc(-c2nccs2)nc1OS(=O)(=O)C(F)(F)F. The zero-order valence-electron chi connectivity index (χ0n) is 14.3. The van der Waals surface area contributed by atoms with Gasteiger partial charge in [0.25, 0.3) is 11.6 Å². The molecule has 0 spiro atoms. The van der Waals surface area contributed by atoms with E-state index < -0.39 is 32.0 Å². The van der Waals surface area contributed by atoms with E-state index >= 15 is 0 Å². The van der Waals surface area contributed by atoms with Crippen molar-refractivity contribution in [1.82, 2.24) is 9.97 Å². The minimum atomic E-state index is -6.11. The molecule has 0 fully saturated rings. The first-order valence-electron chi connectivity index (χ1n) is 7.64. The summed E-state index contributed by atoms with van der Waals surface area (Å²) in [6.07, 6.45) is 1.39. The number of hydrogen-bond donors (Lipinski definition) is 0. The highest BCUT2D eigenvalue weighted by Gasteiger charge is 2.49. The topological polar surface area (TPSA) is 136 Å². The summed E-state index contributed by atoms with van der Waals surface area (Å²) >= 11 is 1.06. The number of non-ortho nitro benzene ring substituents is 1. The van der Waals surface area contributed by atoms with Gasteiger partial charge in [0.2, 0.25) is 0 Å². The number of hydrogen-bond acceptors (Lipinski definition) is 9. The van der Waals surface area contributed by atoms with E-state index in [0.29, 0.717) is 0 Å². The van der Waals surface area contributed by atoms with Crippen LogP contribution in [0.15, 0.2) is 41.9 Å². The van der Waals surface area contributed by atoms with Crippen LogP contribution in [0.4, 0.5) is 18.9 Å². The number of nitriles is 1. The molecule has 154 valence electrons. The Balaban J connectivity index is 2.24. The highest BCUT2D eigenvalue weighted by atomic mass is 32.2. The number of nitrogens with zero attached hydrogens (tertiary/aromatic N) is 4. The van der Waals surface area contributed by atoms with Gasteiger partial charge >= 0.3 is 15.6 Å². The van der Waals surface area contributed by atoms with Crippen LogP contribution < -0.4 is 4.18 Å². The summed E-state index contributed by atoms with van der Waals surface area (Å²) in [6.45, 7) is 0. The Morgan fingerprint density at radius 2 is 1.90 bits per heavy atom. The van der Waals surface area contributed by atoms with E-state index in [0.717, 1.165) is 23.5 Å². The molecule has 0 saturated carbocycles. The molecule has 3 rings (SSSR count). The van der Waals surface area contributed by atoms with Crippen molar-refractivity contribution in [2.45, 2.75) is 5.51 Å². The van der Waals surface area contributed by atoms with Gasteiger partial charge in [-0.05, 0) is 23.8 Å². The zero-order chi connectivity index (χ0) is 22.1. The molecule has 0 aliphatic heterocycles. The minimum absolute atomic E-state index is 0.0417. The van der Waals surface area contributed by atoms with E-state index in [1.807, 2.05) is 0 Å². The van der Waals surface area contributed by atoms with Crippen LogP contribution in [0.5, 0.6) is 5.88 Å². The average molecular weight is 456 g/mol. The number of alkyl halides is 3. The van der Waals surface area contributed by atoms with Crippen LogP contribution in [-0.2, 0) is 10.1 Å². The molecule has 0 aliphatic carbocycles. The van der Waals surface area contributed by atoms with Gasteiger partial charge in [-0.1, -0.05) is 0 Å². The maximum atomic E-state index is 12.8. The summed E-state index contributed by atoms with van der Waals surface area (Å²) in [6, 6.07) is 7.61. The fourth-order valence-corrected chi connectivity index (χ4v) is 3.31. The summed E-state index contributed by atoms with van der Waals surface area (Å²) in [5.74, 6) is -1.09. The first kappa shape index (κ1) is 21.1. The van der Waals surface area contributed by atoms with Crippen molar-refractivity contribution in [3.63, 3.8) is 0 Å². The number of aromatic nitrogens is 2. The normalized spacial score (nSPS) is 11.7. The Hall–Kier alpha value is -3.57. The fourth-order valence-electron chi connectivity index (χ4n) is 2.29. The van der Waals surface area contributed by atoms with E-state index in [1.165, 1.54) is 24.4 Å². The number of thiazole rings is 1. The molecule has 2 heterocycles. The van der Waals surface area contributed by atoms with Gasteiger partial charge in [-0.2, -0.15) is 26.9 Å². The van der Waals surface area contributed by atoms with Crippen LogP contribution in [0.2, 0.25) is 0 Å². The summed E-state index contributed by atoms with van der Waals surface area (Å²) in [4.78, 5) is 17.9. The van der Waals surface area contributed by atoms with E-state index in [2.05, 4.69) is 14.2 Å². The van der Waals surface area contributed by atoms with Crippen molar-refractivity contribution >= 4 is 27.1 Å². The highest BCUT2D eigenvalue weighted by Crippen LogP contribution is 2.36. The van der Waals surface area contributed by atoms with E-state index in [4.69, 9.17) is 0 Å². The summed E-state index contributed by atoms with van der Waals surface area (Å²) < 4.78 is 65.4. The van der Waals surface area contributed by atoms with Gasteiger partial charge in [-0.15, -0.1) is 11.3 Å². The van der Waals surface area contributed by atoms with E-state index in [-0.39, 0.29) is 27.5 Å². The smallest absolute Gasteiger partial charge is 0.354 e. The van der Waals surface area contributed by atoms with Gasteiger partial charge in [0.15, 0.2) is 0 Å². The Bertz CT molecular complexity index is 1250. The van der Waals surface area contributed by atoms with Crippen molar-refractivity contribution in [2.24, 2.45) is 0 Å². The van der Waals surface area contributed by atoms with Crippen LogP contribution in [0.1, 0.15) is 5.56 Å². The lowest BCUT2D eigenvalue weighted by atomic mass is 10.0. The highest BCUT2D eigenvalue weighted by molar-refractivity contribution is 7.88. The Kier molecular flexibility index (Phi) is 5.42. The number of nitro benzene ring substituents is 1. The summed E-state index contributed by atoms with van der Waals surface area (Å²) in [5, 5.41) is 22.1. The molecule has 2 aromatic heterocycles. The Morgan fingerprint density at radius 1 is 1.23 bits per heavy atom. The lowest BCUT2D eigenvalue weighted by Crippen LogP contribution is -2.28. The number of pyridine rings is 1. The van der Waals surface area contributed by atoms with Crippen molar-refractivity contribution in [2.75, 3.05) is 0 Å². The molecule has 30 heavy (non-hydrogen) atoms. The Labute approximate surface area is 170 Å². The standard InChI is InChI=1S/C16H7F3N4O5S2/c17-16(18,19)30(26,27)28-14-12(8-20)11(7-13(22-14)15-21-5-6-29-15)9-1-3-10(4-2-9)23(24)25/h1-7H. The van der Waals surface area contributed by atoms with E-state index in [9.17, 15) is 37.0 Å². The van der Waals surface area contributed by atoms with Crippen LogP contribution in [-0.4, -0.2) is 28.8 Å². The third-order valence-electron chi connectivity index (χ3n) is 3.61. The molecule has 0 atom stereocenters. The minimum Gasteiger partial charge on any atom is -0.354 e. The van der Waals surface area contributed by atoms with Gasteiger partial charge in [-0.25, -0.2) is 9.97 Å². The van der Waals surface area contributed by atoms with Gasteiger partial charge < -0.3 is 4.18 Å². The van der Waals surface area contributed by atoms with E-state index in [1.54, 1.807) is 11.4 Å². The van der Waals surface area contributed by atoms with Crippen LogP contribution >= 0.6 is 11.3 Å². The van der Waals surface area contributed by atoms with Crippen molar-refractivity contribution in [3.05, 3.63) is 57.6 Å². The molecule has 3 aromatic rings. The predicted octanol–water partition coefficient (Wildman–Crippen LogP) is 3.88. The maximum Gasteiger partial charge on any atom is 0.534 e. The second-order valence-electron chi connectivity index (χ2n) is 5.47. The van der Waals surface area contributed by atoms with Crippen molar-refractivity contribution in [3.8, 4) is 33.8 Å². The molecule has 0 unspecified atom stereocenters. The second kappa shape index (κ2) is 7.69. The molecule has 0 radical (unpaired) electrons. The first-order chi connectivity index (χ1) is 14.0. The predicted molar refractivity (Wildman–Crippen MR) is 97.8 cm³/mol. The molecule has 0 N–H and O–H groups in total. The number of halogens is 3. The van der Waals surface area contributed by atoms with Gasteiger partial charge in [0.1, 0.15) is 22.3 Å². The monoisotopic (exact) mass is 456 g/mol. The molecule has 0 amide bonds. The molecule has 1 aromatic carbocycles. The molecular formula is C16H7F3N4O5S2. The van der Waals surface area contributed by atoms with Gasteiger partial charge in [0.05, 0.1) is 4.92 Å². The molecular weight excluding hydrogens is 449 g/mol. The quantitative estimate of drug-likeness (QED) is 0.244. The third kappa shape index (κ3) is 4.07. The molecule has 0 aliphatic rings. The van der Waals surface area contributed by atoms with Crippen LogP contribution in [0, 0.1) is 21.4 Å². The largest absolute Gasteiger partial charge is 0.534 e. The zero-order valence-corrected chi connectivity index (χ0v) is 16.0. The van der Waals surface area contributed by atoms with Crippen molar-refractivity contribution < 1.29 is 30.7 Å².